The molecular weight excluding hydrogens is 498 g/mol. The minimum Gasteiger partial charge on any atom is -0.492 e. The molecule has 1 aliphatic rings. The molecule has 0 aromatic heterocycles. The lowest BCUT2D eigenvalue weighted by atomic mass is 10.2. The highest BCUT2D eigenvalue weighted by Gasteiger charge is 2.21. The van der Waals surface area contributed by atoms with Gasteiger partial charge in [-0.1, -0.05) is 18.2 Å². The average molecular weight is 526 g/mol. The molecule has 162 valence electrons. The first-order valence-corrected chi connectivity index (χ1v) is 9.95. The van der Waals surface area contributed by atoms with Crippen LogP contribution < -0.4 is 20.3 Å². The van der Waals surface area contributed by atoms with Crippen LogP contribution in [-0.4, -0.2) is 38.1 Å². The molecule has 2 N–H and O–H groups in total. The largest absolute Gasteiger partial charge is 0.492 e. The van der Waals surface area contributed by atoms with Crippen LogP contribution in [0, 0.1) is 5.82 Å². The molecule has 1 amide bonds. The number of hydrogen-bond acceptors (Lipinski definition) is 3. The quantitative estimate of drug-likeness (QED) is 0.238. The summed E-state index contributed by atoms with van der Waals surface area (Å²) < 4.78 is 18.7. The summed E-state index contributed by atoms with van der Waals surface area (Å²) in [4.78, 5) is 18.3. The van der Waals surface area contributed by atoms with Crippen LogP contribution in [0.5, 0.6) is 5.75 Å². The fourth-order valence-electron chi connectivity index (χ4n) is 3.11. The molecule has 2 aromatic carbocycles. The summed E-state index contributed by atoms with van der Waals surface area (Å²) in [5.74, 6) is 1.07. The van der Waals surface area contributed by atoms with Crippen LogP contribution in [0.4, 0.5) is 10.1 Å². The second-order valence-electron chi connectivity index (χ2n) is 6.74. The number of halogens is 2. The van der Waals surface area contributed by atoms with Gasteiger partial charge in [-0.3, -0.25) is 4.79 Å². The highest BCUT2D eigenvalue weighted by atomic mass is 127. The van der Waals surface area contributed by atoms with Crippen LogP contribution in [-0.2, 0) is 11.3 Å². The van der Waals surface area contributed by atoms with Gasteiger partial charge in [-0.2, -0.15) is 0 Å². The highest BCUT2D eigenvalue weighted by molar-refractivity contribution is 14.0. The Kier molecular flexibility index (Phi) is 9.85. The number of nitrogens with one attached hydrogen (secondary N) is 2. The third-order valence-electron chi connectivity index (χ3n) is 4.54. The minimum atomic E-state index is -0.314. The van der Waals surface area contributed by atoms with Crippen molar-refractivity contribution in [2.24, 2.45) is 4.99 Å². The molecule has 6 nitrogen and oxygen atoms in total. The number of aliphatic imine (C=N–C) groups is 1. The summed E-state index contributed by atoms with van der Waals surface area (Å²) in [7, 11) is 0. The van der Waals surface area contributed by atoms with E-state index in [0.717, 1.165) is 30.8 Å². The van der Waals surface area contributed by atoms with E-state index in [9.17, 15) is 9.18 Å². The van der Waals surface area contributed by atoms with Crippen molar-refractivity contribution in [3.8, 4) is 5.75 Å². The van der Waals surface area contributed by atoms with E-state index in [1.807, 2.05) is 36.1 Å². The number of ether oxygens (including phenoxy) is 1. The molecule has 0 radical (unpaired) electrons. The smallest absolute Gasteiger partial charge is 0.227 e. The lowest BCUT2D eigenvalue weighted by Crippen LogP contribution is -2.39. The third kappa shape index (κ3) is 7.16. The zero-order valence-electron chi connectivity index (χ0n) is 17.1. The first kappa shape index (κ1) is 23.9. The van der Waals surface area contributed by atoms with Crippen molar-refractivity contribution in [1.29, 1.82) is 0 Å². The molecule has 0 spiro atoms. The number of rotatable bonds is 8. The summed E-state index contributed by atoms with van der Waals surface area (Å²) in [5.41, 5.74) is 2.01. The van der Waals surface area contributed by atoms with Crippen LogP contribution >= 0.6 is 24.0 Å². The van der Waals surface area contributed by atoms with E-state index < -0.39 is 0 Å². The normalized spacial score (nSPS) is 13.7. The molecular formula is C22H28FIN4O2. The first-order chi connectivity index (χ1) is 14.2. The van der Waals surface area contributed by atoms with Crippen LogP contribution in [0.15, 0.2) is 53.5 Å². The Morgan fingerprint density at radius 3 is 2.67 bits per heavy atom. The Morgan fingerprint density at radius 1 is 1.20 bits per heavy atom. The second-order valence-corrected chi connectivity index (χ2v) is 6.74. The molecule has 1 saturated heterocycles. The molecule has 0 atom stereocenters. The number of carbonyl (C=O) groups excluding carboxylic acids is 1. The SMILES string of the molecule is CCNC(=NCc1ccc(N2CCCC2=O)cc1)NCCOc1cccc(F)c1.I. The van der Waals surface area contributed by atoms with Crippen LogP contribution in [0.2, 0.25) is 0 Å². The predicted molar refractivity (Wildman–Crippen MR) is 128 cm³/mol. The molecule has 30 heavy (non-hydrogen) atoms. The Bertz CT molecular complexity index is 845. The molecule has 3 rings (SSSR count). The molecule has 0 saturated carbocycles. The number of anilines is 1. The highest BCUT2D eigenvalue weighted by Crippen LogP contribution is 2.21. The van der Waals surface area contributed by atoms with Gasteiger partial charge in [0.1, 0.15) is 18.2 Å². The molecule has 1 heterocycles. The average Bonchev–Trinajstić information content (AvgIpc) is 3.15. The number of guanidine groups is 1. The van der Waals surface area contributed by atoms with Gasteiger partial charge in [-0.15, -0.1) is 24.0 Å². The van der Waals surface area contributed by atoms with Gasteiger partial charge in [-0.05, 0) is 43.2 Å². The molecule has 0 unspecified atom stereocenters. The van der Waals surface area contributed by atoms with Crippen LogP contribution in [0.3, 0.4) is 0 Å². The van der Waals surface area contributed by atoms with Crippen molar-refractivity contribution in [3.05, 3.63) is 59.9 Å². The van der Waals surface area contributed by atoms with Crippen molar-refractivity contribution in [1.82, 2.24) is 10.6 Å². The predicted octanol–water partition coefficient (Wildman–Crippen LogP) is 3.70. The lowest BCUT2D eigenvalue weighted by molar-refractivity contribution is -0.117. The second kappa shape index (κ2) is 12.4. The van der Waals surface area contributed by atoms with E-state index in [1.165, 1.54) is 12.1 Å². The Balaban J connectivity index is 0.00000320. The van der Waals surface area contributed by atoms with Crippen LogP contribution in [0.1, 0.15) is 25.3 Å². The number of amides is 1. The number of carbonyl (C=O) groups is 1. The number of hydrogen-bond donors (Lipinski definition) is 2. The van der Waals surface area contributed by atoms with Crippen molar-refractivity contribution in [2.75, 3.05) is 31.1 Å². The summed E-state index contributed by atoms with van der Waals surface area (Å²) in [5, 5.41) is 6.40. The van der Waals surface area contributed by atoms with E-state index in [-0.39, 0.29) is 35.7 Å². The zero-order chi connectivity index (χ0) is 20.5. The van der Waals surface area contributed by atoms with E-state index in [2.05, 4.69) is 15.6 Å². The Morgan fingerprint density at radius 2 is 2.00 bits per heavy atom. The minimum absolute atomic E-state index is 0. The van der Waals surface area contributed by atoms with Crippen molar-refractivity contribution < 1.29 is 13.9 Å². The maximum absolute atomic E-state index is 13.2. The van der Waals surface area contributed by atoms with E-state index in [1.54, 1.807) is 12.1 Å². The lowest BCUT2D eigenvalue weighted by Gasteiger charge is -2.16. The Labute approximate surface area is 193 Å². The molecule has 1 fully saturated rings. The summed E-state index contributed by atoms with van der Waals surface area (Å²) >= 11 is 0. The Hall–Kier alpha value is -2.36. The summed E-state index contributed by atoms with van der Waals surface area (Å²) in [6.07, 6.45) is 1.55. The third-order valence-corrected chi connectivity index (χ3v) is 4.54. The summed E-state index contributed by atoms with van der Waals surface area (Å²) in [6.45, 7) is 5.00. The van der Waals surface area contributed by atoms with E-state index >= 15 is 0 Å². The zero-order valence-corrected chi connectivity index (χ0v) is 19.4. The monoisotopic (exact) mass is 526 g/mol. The van der Waals surface area contributed by atoms with Gasteiger partial charge in [0.2, 0.25) is 5.91 Å². The van der Waals surface area contributed by atoms with Crippen molar-refractivity contribution in [3.63, 3.8) is 0 Å². The van der Waals surface area contributed by atoms with Gasteiger partial charge in [0.25, 0.3) is 0 Å². The topological polar surface area (TPSA) is 66.0 Å². The maximum Gasteiger partial charge on any atom is 0.227 e. The molecule has 0 aliphatic carbocycles. The van der Waals surface area contributed by atoms with Gasteiger partial charge in [-0.25, -0.2) is 9.38 Å². The number of nitrogens with zero attached hydrogens (tertiary/aromatic N) is 2. The number of benzene rings is 2. The van der Waals surface area contributed by atoms with Gasteiger partial charge >= 0.3 is 0 Å². The fraction of sp³-hybridized carbons (Fsp3) is 0.364. The van der Waals surface area contributed by atoms with Gasteiger partial charge in [0.15, 0.2) is 5.96 Å². The molecule has 1 aliphatic heterocycles. The van der Waals surface area contributed by atoms with Gasteiger partial charge in [0, 0.05) is 31.3 Å². The molecule has 0 bridgehead atoms. The van der Waals surface area contributed by atoms with E-state index in [0.29, 0.717) is 37.8 Å². The summed E-state index contributed by atoms with van der Waals surface area (Å²) in [6, 6.07) is 14.0. The molecule has 8 heteroatoms. The van der Waals surface area contributed by atoms with Gasteiger partial charge < -0.3 is 20.3 Å². The molecule has 2 aromatic rings. The van der Waals surface area contributed by atoms with Gasteiger partial charge in [0.05, 0.1) is 13.1 Å². The van der Waals surface area contributed by atoms with Crippen molar-refractivity contribution in [2.45, 2.75) is 26.3 Å². The first-order valence-electron chi connectivity index (χ1n) is 9.95. The van der Waals surface area contributed by atoms with Crippen molar-refractivity contribution >= 4 is 41.5 Å². The fourth-order valence-corrected chi connectivity index (χ4v) is 3.11. The maximum atomic E-state index is 13.2. The standard InChI is InChI=1S/C22H27FN4O2.HI/c1-2-24-22(25-12-14-29-20-6-3-5-18(23)15-20)26-16-17-8-10-19(11-9-17)27-13-4-7-21(27)28;/h3,5-6,8-11,15H,2,4,7,12-14,16H2,1H3,(H2,24,25,26);1H. The van der Waals surface area contributed by atoms with Crippen LogP contribution in [0.25, 0.3) is 0 Å². The van der Waals surface area contributed by atoms with E-state index in [4.69, 9.17) is 4.74 Å².